The van der Waals surface area contributed by atoms with Gasteiger partial charge in [-0.05, 0) is 54.0 Å². The van der Waals surface area contributed by atoms with Gasteiger partial charge in [0.2, 0.25) is 0 Å². The lowest BCUT2D eigenvalue weighted by molar-refractivity contribution is 0.522. The van der Waals surface area contributed by atoms with E-state index in [0.29, 0.717) is 11.5 Å². The largest absolute Gasteiger partial charge is 0.384 e. The minimum Gasteiger partial charge on any atom is -0.384 e. The molecule has 0 saturated heterocycles. The first kappa shape index (κ1) is 14.1. The number of aromatic nitrogens is 3. The zero-order chi connectivity index (χ0) is 16.2. The lowest BCUT2D eigenvalue weighted by Gasteiger charge is -2.19. The molecule has 0 amide bonds. The third-order valence-corrected chi connectivity index (χ3v) is 4.92. The Morgan fingerprint density at radius 3 is 2.96 bits per heavy atom. The molecule has 0 aliphatic heterocycles. The van der Waals surface area contributed by atoms with Gasteiger partial charge in [0.15, 0.2) is 5.65 Å². The van der Waals surface area contributed by atoms with Gasteiger partial charge in [0.05, 0.1) is 5.39 Å². The van der Waals surface area contributed by atoms with Crippen LogP contribution in [-0.2, 0) is 11.8 Å². The number of H-pyrrole nitrogens is 1. The monoisotopic (exact) mass is 307 g/mol. The molecule has 2 aromatic heterocycles. The average Bonchev–Trinajstić information content (AvgIpc) is 3.02. The van der Waals surface area contributed by atoms with Gasteiger partial charge in [-0.3, -0.25) is 5.10 Å². The molecule has 1 aliphatic rings. The fourth-order valence-corrected chi connectivity index (χ4v) is 3.49. The molecule has 5 nitrogen and oxygen atoms in total. The molecule has 4 rings (SSSR count). The number of nitrogens with two attached hydrogens (primary N) is 1. The SMILES string of the molecule is Cc1cc2c(N)[nH]nc2nc1Nc1cccc2c1CCC2(C)C. The highest BCUT2D eigenvalue weighted by atomic mass is 15.2. The number of aromatic amines is 1. The number of nitrogens with one attached hydrogen (secondary N) is 2. The molecule has 3 aromatic rings. The molecule has 0 radical (unpaired) electrons. The zero-order valence-corrected chi connectivity index (χ0v) is 13.7. The Bertz CT molecular complexity index is 907. The summed E-state index contributed by atoms with van der Waals surface area (Å²) in [6.45, 7) is 6.66. The molecule has 0 bridgehead atoms. The van der Waals surface area contributed by atoms with Crippen LogP contribution in [0.1, 0.15) is 37.0 Å². The summed E-state index contributed by atoms with van der Waals surface area (Å²) in [6.07, 6.45) is 2.28. The van der Waals surface area contributed by atoms with Crippen LogP contribution in [0.15, 0.2) is 24.3 Å². The molecular weight excluding hydrogens is 286 g/mol. The molecule has 1 aromatic carbocycles. The first-order chi connectivity index (χ1) is 11.0. The Hall–Kier alpha value is -2.56. The molecular formula is C18H21N5. The second-order valence-electron chi connectivity index (χ2n) is 7.00. The summed E-state index contributed by atoms with van der Waals surface area (Å²) in [5.74, 6) is 1.40. The summed E-state index contributed by atoms with van der Waals surface area (Å²) in [7, 11) is 0. The summed E-state index contributed by atoms with van der Waals surface area (Å²) in [4.78, 5) is 4.62. The second kappa shape index (κ2) is 4.72. The quantitative estimate of drug-likeness (QED) is 0.672. The van der Waals surface area contributed by atoms with E-state index in [2.05, 4.69) is 52.5 Å². The van der Waals surface area contributed by atoms with Crippen molar-refractivity contribution < 1.29 is 0 Å². The van der Waals surface area contributed by atoms with Gasteiger partial charge in [-0.1, -0.05) is 26.0 Å². The van der Waals surface area contributed by atoms with Crippen LogP contribution in [0.5, 0.6) is 0 Å². The summed E-state index contributed by atoms with van der Waals surface area (Å²) < 4.78 is 0. The van der Waals surface area contributed by atoms with E-state index in [1.54, 1.807) is 0 Å². The summed E-state index contributed by atoms with van der Waals surface area (Å²) in [5, 5.41) is 11.3. The van der Waals surface area contributed by atoms with Crippen molar-refractivity contribution in [2.45, 2.75) is 39.0 Å². The van der Waals surface area contributed by atoms with Gasteiger partial charge in [0, 0.05) is 5.69 Å². The average molecular weight is 307 g/mol. The van der Waals surface area contributed by atoms with Gasteiger partial charge in [-0.2, -0.15) is 5.10 Å². The fraction of sp³-hybridized carbons (Fsp3) is 0.333. The van der Waals surface area contributed by atoms with Crippen molar-refractivity contribution in [1.82, 2.24) is 15.2 Å². The maximum absolute atomic E-state index is 5.87. The molecule has 0 saturated carbocycles. The first-order valence-corrected chi connectivity index (χ1v) is 7.96. The third-order valence-electron chi connectivity index (χ3n) is 4.92. The van der Waals surface area contributed by atoms with E-state index in [1.165, 1.54) is 17.5 Å². The lowest BCUT2D eigenvalue weighted by atomic mass is 9.86. The van der Waals surface area contributed by atoms with E-state index in [9.17, 15) is 0 Å². The lowest BCUT2D eigenvalue weighted by Crippen LogP contribution is -2.11. The molecule has 0 spiro atoms. The number of anilines is 3. The number of rotatable bonds is 2. The van der Waals surface area contributed by atoms with Gasteiger partial charge < -0.3 is 11.1 Å². The van der Waals surface area contributed by atoms with Crippen LogP contribution in [0.2, 0.25) is 0 Å². The Labute approximate surface area is 135 Å². The Balaban J connectivity index is 1.78. The highest BCUT2D eigenvalue weighted by Gasteiger charge is 2.31. The molecule has 2 heterocycles. The highest BCUT2D eigenvalue weighted by molar-refractivity contribution is 5.88. The summed E-state index contributed by atoms with van der Waals surface area (Å²) in [6, 6.07) is 8.51. The maximum atomic E-state index is 5.87. The van der Waals surface area contributed by atoms with E-state index in [0.717, 1.165) is 28.9 Å². The van der Waals surface area contributed by atoms with E-state index < -0.39 is 0 Å². The predicted octanol–water partition coefficient (Wildman–Crippen LogP) is 3.82. The molecule has 4 N–H and O–H groups in total. The van der Waals surface area contributed by atoms with Gasteiger partial charge in [0.1, 0.15) is 11.6 Å². The van der Waals surface area contributed by atoms with Crippen LogP contribution in [0.3, 0.4) is 0 Å². The van der Waals surface area contributed by atoms with Gasteiger partial charge in [-0.15, -0.1) is 0 Å². The highest BCUT2D eigenvalue weighted by Crippen LogP contribution is 2.42. The van der Waals surface area contributed by atoms with Crippen molar-refractivity contribution in [1.29, 1.82) is 0 Å². The fourth-order valence-electron chi connectivity index (χ4n) is 3.49. The molecule has 0 unspecified atom stereocenters. The van der Waals surface area contributed by atoms with Crippen molar-refractivity contribution in [2.75, 3.05) is 11.1 Å². The number of aryl methyl sites for hydroxylation is 1. The Morgan fingerprint density at radius 2 is 2.13 bits per heavy atom. The Morgan fingerprint density at radius 1 is 1.30 bits per heavy atom. The number of nitrogens with zero attached hydrogens (tertiary/aromatic N) is 2. The van der Waals surface area contributed by atoms with Crippen molar-refractivity contribution in [3.8, 4) is 0 Å². The van der Waals surface area contributed by atoms with Gasteiger partial charge in [-0.25, -0.2) is 4.98 Å². The van der Waals surface area contributed by atoms with Crippen molar-refractivity contribution >= 4 is 28.4 Å². The third kappa shape index (κ3) is 2.15. The second-order valence-corrected chi connectivity index (χ2v) is 7.00. The smallest absolute Gasteiger partial charge is 0.185 e. The van der Waals surface area contributed by atoms with Crippen LogP contribution >= 0.6 is 0 Å². The molecule has 0 fully saturated rings. The van der Waals surface area contributed by atoms with Crippen molar-refractivity contribution in [2.24, 2.45) is 0 Å². The number of nitrogen functional groups attached to an aromatic ring is 1. The Kier molecular flexibility index (Phi) is 2.88. The van der Waals surface area contributed by atoms with E-state index >= 15 is 0 Å². The maximum Gasteiger partial charge on any atom is 0.185 e. The van der Waals surface area contributed by atoms with Crippen molar-refractivity contribution in [3.63, 3.8) is 0 Å². The van der Waals surface area contributed by atoms with Crippen LogP contribution in [0, 0.1) is 6.92 Å². The molecule has 118 valence electrons. The van der Waals surface area contributed by atoms with Gasteiger partial charge >= 0.3 is 0 Å². The van der Waals surface area contributed by atoms with Gasteiger partial charge in [0.25, 0.3) is 0 Å². The minimum absolute atomic E-state index is 0.246. The minimum atomic E-state index is 0.246. The number of benzene rings is 1. The standard InChI is InChI=1S/C18H21N5/c1-10-9-12-15(19)22-23-17(12)21-16(10)20-14-6-4-5-13-11(14)7-8-18(13,2)3/h4-6,9H,7-8H2,1-3H3,(H4,19,20,21,22,23). The molecule has 0 atom stereocenters. The van der Waals surface area contributed by atoms with Crippen molar-refractivity contribution in [3.05, 3.63) is 41.0 Å². The van der Waals surface area contributed by atoms with E-state index in [4.69, 9.17) is 5.73 Å². The van der Waals surface area contributed by atoms with Crippen LogP contribution in [0.4, 0.5) is 17.3 Å². The van der Waals surface area contributed by atoms with Crippen LogP contribution < -0.4 is 11.1 Å². The predicted molar refractivity (Wildman–Crippen MR) is 94.1 cm³/mol. The summed E-state index contributed by atoms with van der Waals surface area (Å²) >= 11 is 0. The van der Waals surface area contributed by atoms with Crippen LogP contribution in [0.25, 0.3) is 11.0 Å². The first-order valence-electron chi connectivity index (χ1n) is 7.96. The van der Waals surface area contributed by atoms with E-state index in [-0.39, 0.29) is 5.41 Å². The molecule has 23 heavy (non-hydrogen) atoms. The number of hydrogen-bond acceptors (Lipinski definition) is 4. The number of pyridine rings is 1. The zero-order valence-electron chi connectivity index (χ0n) is 13.7. The normalized spacial score (nSPS) is 15.8. The molecule has 1 aliphatic carbocycles. The topological polar surface area (TPSA) is 79.6 Å². The number of hydrogen-bond donors (Lipinski definition) is 3. The van der Waals surface area contributed by atoms with Crippen LogP contribution in [-0.4, -0.2) is 15.2 Å². The number of fused-ring (bicyclic) bond motifs is 2. The van der Waals surface area contributed by atoms with E-state index in [1.807, 2.05) is 13.0 Å². The molecule has 5 heteroatoms. The summed E-state index contributed by atoms with van der Waals surface area (Å²) in [5.41, 5.74) is 11.8.